The van der Waals surface area contributed by atoms with Crippen molar-refractivity contribution in [3.63, 3.8) is 0 Å². The second kappa shape index (κ2) is 6.99. The molecular weight excluding hydrogens is 244 g/mol. The van der Waals surface area contributed by atoms with Crippen LogP contribution >= 0.6 is 0 Å². The first kappa shape index (κ1) is 14.4. The molecule has 2 rings (SSSR count). The Kier molecular flexibility index (Phi) is 5.05. The molecule has 0 aliphatic rings. The lowest BCUT2D eigenvalue weighted by molar-refractivity contribution is 0.648. The monoisotopic (exact) mass is 268 g/mol. The van der Waals surface area contributed by atoms with E-state index in [2.05, 4.69) is 80.2 Å². The van der Waals surface area contributed by atoms with E-state index < -0.39 is 0 Å². The molecule has 2 heteroatoms. The summed E-state index contributed by atoms with van der Waals surface area (Å²) in [6, 6.07) is 17.0. The van der Waals surface area contributed by atoms with E-state index in [1.54, 1.807) is 0 Å². The van der Waals surface area contributed by atoms with Gasteiger partial charge in [0.2, 0.25) is 0 Å². The molecule has 20 heavy (non-hydrogen) atoms. The van der Waals surface area contributed by atoms with Crippen molar-refractivity contribution in [2.75, 3.05) is 10.9 Å². The van der Waals surface area contributed by atoms with Gasteiger partial charge in [0.25, 0.3) is 0 Å². The van der Waals surface area contributed by atoms with Crippen LogP contribution in [0.3, 0.4) is 0 Å². The van der Waals surface area contributed by atoms with E-state index >= 15 is 0 Å². The molecule has 0 saturated heterocycles. The highest BCUT2D eigenvalue weighted by atomic mass is 15.4. The summed E-state index contributed by atoms with van der Waals surface area (Å²) in [6.45, 7) is 6.66. The molecule has 106 valence electrons. The van der Waals surface area contributed by atoms with Crippen LogP contribution in [0.1, 0.15) is 31.9 Å². The fraction of sp³-hybridized carbons (Fsp3) is 0.333. The van der Waals surface area contributed by atoms with E-state index in [0.29, 0.717) is 5.92 Å². The number of benzene rings is 2. The average molecular weight is 268 g/mol. The highest BCUT2D eigenvalue weighted by Gasteiger charge is 2.03. The van der Waals surface area contributed by atoms with Crippen LogP contribution in [0.2, 0.25) is 0 Å². The first-order chi connectivity index (χ1) is 9.69. The first-order valence-corrected chi connectivity index (χ1v) is 7.38. The molecule has 0 aliphatic heterocycles. The lowest BCUT2D eigenvalue weighted by atomic mass is 10.0. The third kappa shape index (κ3) is 4.02. The Balaban J connectivity index is 2.06. The number of anilines is 2. The van der Waals surface area contributed by atoms with Gasteiger partial charge in [0.05, 0.1) is 11.4 Å². The van der Waals surface area contributed by atoms with Crippen molar-refractivity contribution >= 4 is 11.4 Å². The van der Waals surface area contributed by atoms with Crippen molar-refractivity contribution in [1.82, 2.24) is 0 Å². The molecule has 2 aromatic carbocycles. The minimum absolute atomic E-state index is 0.654. The van der Waals surface area contributed by atoms with E-state index in [-0.39, 0.29) is 0 Å². The van der Waals surface area contributed by atoms with E-state index in [9.17, 15) is 0 Å². The minimum Gasteiger partial charge on any atom is -0.301 e. The predicted octanol–water partition coefficient (Wildman–Crippen LogP) is 4.89. The van der Waals surface area contributed by atoms with Crippen molar-refractivity contribution in [3.05, 3.63) is 59.7 Å². The summed E-state index contributed by atoms with van der Waals surface area (Å²) in [5.74, 6) is 0.654. The van der Waals surface area contributed by atoms with Crippen LogP contribution < -0.4 is 10.9 Å². The molecule has 0 amide bonds. The molecule has 2 nitrogen and oxygen atoms in total. The molecule has 0 aromatic heterocycles. The van der Waals surface area contributed by atoms with Crippen LogP contribution in [0.4, 0.5) is 11.4 Å². The summed E-state index contributed by atoms with van der Waals surface area (Å²) in [7, 11) is 0. The van der Waals surface area contributed by atoms with Gasteiger partial charge in [-0.25, -0.2) is 0 Å². The van der Waals surface area contributed by atoms with Gasteiger partial charge < -0.3 is 10.9 Å². The molecular formula is C18H24N2. The van der Waals surface area contributed by atoms with Gasteiger partial charge in [-0.2, -0.15) is 0 Å². The van der Waals surface area contributed by atoms with Crippen LogP contribution in [0, 0.1) is 5.92 Å². The highest BCUT2D eigenvalue weighted by Crippen LogP contribution is 2.19. The molecule has 2 aromatic rings. The normalized spacial score (nSPS) is 10.6. The van der Waals surface area contributed by atoms with Gasteiger partial charge in [-0.1, -0.05) is 51.1 Å². The Hall–Kier alpha value is -1.96. The van der Waals surface area contributed by atoms with Crippen LogP contribution in [-0.4, -0.2) is 0 Å². The van der Waals surface area contributed by atoms with Crippen molar-refractivity contribution in [3.8, 4) is 0 Å². The van der Waals surface area contributed by atoms with E-state index in [1.807, 2.05) is 0 Å². The van der Waals surface area contributed by atoms with Gasteiger partial charge >= 0.3 is 0 Å². The Labute approximate surface area is 122 Å². The molecule has 0 aliphatic carbocycles. The molecule has 0 saturated carbocycles. The molecule has 0 bridgehead atoms. The fourth-order valence-corrected chi connectivity index (χ4v) is 2.27. The van der Waals surface area contributed by atoms with Crippen LogP contribution in [-0.2, 0) is 12.8 Å². The molecule has 0 heterocycles. The average Bonchev–Trinajstić information content (AvgIpc) is 2.46. The number of aryl methyl sites for hydroxylation is 1. The zero-order chi connectivity index (χ0) is 14.4. The Morgan fingerprint density at radius 3 is 2.50 bits per heavy atom. The summed E-state index contributed by atoms with van der Waals surface area (Å²) < 4.78 is 0. The first-order valence-electron chi connectivity index (χ1n) is 7.38. The third-order valence-corrected chi connectivity index (χ3v) is 3.32. The lowest BCUT2D eigenvalue weighted by Gasteiger charge is -2.15. The van der Waals surface area contributed by atoms with Gasteiger partial charge in [-0.3, -0.25) is 0 Å². The summed E-state index contributed by atoms with van der Waals surface area (Å²) in [5, 5.41) is 0. The largest absolute Gasteiger partial charge is 0.301 e. The molecule has 0 fully saturated rings. The maximum Gasteiger partial charge on any atom is 0.0571 e. The number of nitrogens with one attached hydrogen (secondary N) is 2. The summed E-state index contributed by atoms with van der Waals surface area (Å²) in [6.07, 6.45) is 2.14. The van der Waals surface area contributed by atoms with Gasteiger partial charge in [0.1, 0.15) is 0 Å². The molecule has 2 N–H and O–H groups in total. The van der Waals surface area contributed by atoms with Crippen molar-refractivity contribution in [2.45, 2.75) is 33.6 Å². The summed E-state index contributed by atoms with van der Waals surface area (Å²) in [4.78, 5) is 0. The van der Waals surface area contributed by atoms with Crippen molar-refractivity contribution < 1.29 is 0 Å². The van der Waals surface area contributed by atoms with Gasteiger partial charge in [-0.15, -0.1) is 0 Å². The zero-order valence-corrected chi connectivity index (χ0v) is 12.6. The standard InChI is InChI=1S/C18H24N2/c1-4-15-8-7-10-17(13-15)19-20-18-11-6-5-9-16(18)12-14(2)3/h5-11,13-14,19-20H,4,12H2,1-3H3. The fourth-order valence-electron chi connectivity index (χ4n) is 2.27. The number of rotatable bonds is 6. The topological polar surface area (TPSA) is 24.1 Å². The summed E-state index contributed by atoms with van der Waals surface area (Å²) in [5.41, 5.74) is 11.6. The number of hydrogen-bond acceptors (Lipinski definition) is 2. The van der Waals surface area contributed by atoms with Crippen molar-refractivity contribution in [1.29, 1.82) is 0 Å². The van der Waals surface area contributed by atoms with E-state index in [1.165, 1.54) is 11.1 Å². The number of para-hydroxylation sites is 1. The van der Waals surface area contributed by atoms with Gasteiger partial charge in [0, 0.05) is 0 Å². The molecule has 0 spiro atoms. The van der Waals surface area contributed by atoms with Gasteiger partial charge in [-0.05, 0) is 48.1 Å². The van der Waals surface area contributed by atoms with E-state index in [4.69, 9.17) is 0 Å². The zero-order valence-electron chi connectivity index (χ0n) is 12.6. The smallest absolute Gasteiger partial charge is 0.0571 e. The predicted molar refractivity (Wildman–Crippen MR) is 88.0 cm³/mol. The molecule has 0 unspecified atom stereocenters. The maximum atomic E-state index is 3.34. The highest BCUT2D eigenvalue weighted by molar-refractivity contribution is 5.57. The van der Waals surface area contributed by atoms with E-state index in [0.717, 1.165) is 24.2 Å². The van der Waals surface area contributed by atoms with Crippen LogP contribution in [0.25, 0.3) is 0 Å². The molecule has 0 atom stereocenters. The Bertz CT molecular complexity index is 547. The second-order valence-corrected chi connectivity index (χ2v) is 5.56. The SMILES string of the molecule is CCc1cccc(NNc2ccccc2CC(C)C)c1. The minimum atomic E-state index is 0.654. The van der Waals surface area contributed by atoms with Crippen molar-refractivity contribution in [2.24, 2.45) is 5.92 Å². The number of hydrazine groups is 1. The second-order valence-electron chi connectivity index (χ2n) is 5.56. The Morgan fingerprint density at radius 1 is 0.950 bits per heavy atom. The quantitative estimate of drug-likeness (QED) is 0.729. The van der Waals surface area contributed by atoms with Gasteiger partial charge in [0.15, 0.2) is 0 Å². The molecule has 0 radical (unpaired) electrons. The third-order valence-electron chi connectivity index (χ3n) is 3.32. The maximum absolute atomic E-state index is 3.34. The Morgan fingerprint density at radius 2 is 1.75 bits per heavy atom. The summed E-state index contributed by atoms with van der Waals surface area (Å²) >= 11 is 0. The van der Waals surface area contributed by atoms with Crippen LogP contribution in [0.5, 0.6) is 0 Å². The number of hydrogen-bond donors (Lipinski definition) is 2. The lowest BCUT2D eigenvalue weighted by Crippen LogP contribution is -2.11. The van der Waals surface area contributed by atoms with Crippen LogP contribution in [0.15, 0.2) is 48.5 Å².